The standard InChI is InChI=1S/C11H10N4O2S/c1-7-6-18-11(12-7)15-10(8(5-16)13-14-15)9-3-2-4-17-9/h2-4,6,16H,5H2,1H3. The highest BCUT2D eigenvalue weighted by molar-refractivity contribution is 7.12. The van der Waals surface area contributed by atoms with E-state index in [4.69, 9.17) is 4.42 Å². The summed E-state index contributed by atoms with van der Waals surface area (Å²) in [5.74, 6) is 0.608. The van der Waals surface area contributed by atoms with Gasteiger partial charge in [-0.3, -0.25) is 0 Å². The lowest BCUT2D eigenvalue weighted by Crippen LogP contribution is -1.99. The number of hydrogen-bond acceptors (Lipinski definition) is 6. The van der Waals surface area contributed by atoms with Gasteiger partial charge in [-0.25, -0.2) is 4.98 Å². The Labute approximate surface area is 107 Å². The van der Waals surface area contributed by atoms with E-state index < -0.39 is 0 Å². The van der Waals surface area contributed by atoms with Gasteiger partial charge < -0.3 is 9.52 Å². The molecule has 0 bridgehead atoms. The maximum Gasteiger partial charge on any atom is 0.212 e. The third kappa shape index (κ3) is 1.73. The predicted molar refractivity (Wildman–Crippen MR) is 65.4 cm³/mol. The minimum Gasteiger partial charge on any atom is -0.463 e. The molecule has 3 heterocycles. The molecule has 0 saturated heterocycles. The van der Waals surface area contributed by atoms with E-state index in [1.54, 1.807) is 23.1 Å². The molecule has 1 N–H and O–H groups in total. The summed E-state index contributed by atoms with van der Waals surface area (Å²) < 4.78 is 6.94. The molecule has 18 heavy (non-hydrogen) atoms. The lowest BCUT2D eigenvalue weighted by Gasteiger charge is -2.00. The Bertz CT molecular complexity index is 656. The summed E-state index contributed by atoms with van der Waals surface area (Å²) in [6.07, 6.45) is 1.57. The lowest BCUT2D eigenvalue weighted by atomic mass is 10.2. The number of nitrogens with zero attached hydrogens (tertiary/aromatic N) is 4. The van der Waals surface area contributed by atoms with Crippen LogP contribution in [0.3, 0.4) is 0 Å². The molecule has 0 aliphatic heterocycles. The number of aliphatic hydroxyl groups excluding tert-OH is 1. The molecular weight excluding hydrogens is 252 g/mol. The maximum atomic E-state index is 9.31. The third-order valence-corrected chi connectivity index (χ3v) is 3.37. The quantitative estimate of drug-likeness (QED) is 0.778. The molecule has 0 aromatic carbocycles. The van der Waals surface area contributed by atoms with E-state index in [2.05, 4.69) is 15.3 Å². The topological polar surface area (TPSA) is 77.0 Å². The van der Waals surface area contributed by atoms with Crippen molar-refractivity contribution in [1.82, 2.24) is 20.0 Å². The second kappa shape index (κ2) is 4.35. The maximum absolute atomic E-state index is 9.31. The summed E-state index contributed by atoms with van der Waals surface area (Å²) in [4.78, 5) is 4.35. The molecular formula is C11H10N4O2S. The molecule has 3 aromatic rings. The van der Waals surface area contributed by atoms with Gasteiger partial charge in [0.2, 0.25) is 5.13 Å². The summed E-state index contributed by atoms with van der Waals surface area (Å²) in [7, 11) is 0. The van der Waals surface area contributed by atoms with Crippen LogP contribution in [0.4, 0.5) is 0 Å². The first kappa shape index (κ1) is 11.1. The normalized spacial score (nSPS) is 11.0. The molecule has 92 valence electrons. The van der Waals surface area contributed by atoms with Gasteiger partial charge in [-0.2, -0.15) is 4.68 Å². The van der Waals surface area contributed by atoms with Crippen LogP contribution in [-0.4, -0.2) is 25.1 Å². The average Bonchev–Trinajstić information content (AvgIpc) is 3.07. The zero-order chi connectivity index (χ0) is 12.5. The Hall–Kier alpha value is -1.99. The molecule has 0 saturated carbocycles. The Balaban J connectivity index is 2.19. The van der Waals surface area contributed by atoms with Crippen LogP contribution in [0, 0.1) is 6.92 Å². The number of rotatable bonds is 3. The summed E-state index contributed by atoms with van der Waals surface area (Å²) in [5.41, 5.74) is 2.02. The van der Waals surface area contributed by atoms with Crippen LogP contribution in [-0.2, 0) is 6.61 Å². The van der Waals surface area contributed by atoms with Crippen molar-refractivity contribution in [3.8, 4) is 16.6 Å². The van der Waals surface area contributed by atoms with Crippen molar-refractivity contribution in [1.29, 1.82) is 0 Å². The van der Waals surface area contributed by atoms with Crippen LogP contribution in [0.1, 0.15) is 11.4 Å². The third-order valence-electron chi connectivity index (χ3n) is 2.43. The molecule has 0 fully saturated rings. The second-order valence-corrected chi connectivity index (χ2v) is 4.54. The number of furan rings is 1. The van der Waals surface area contributed by atoms with Gasteiger partial charge in [-0.15, -0.1) is 16.4 Å². The van der Waals surface area contributed by atoms with Gasteiger partial charge in [0.25, 0.3) is 0 Å². The van der Waals surface area contributed by atoms with Gasteiger partial charge in [-0.05, 0) is 19.1 Å². The first-order chi connectivity index (χ1) is 8.79. The van der Waals surface area contributed by atoms with Gasteiger partial charge in [0, 0.05) is 5.38 Å². The van der Waals surface area contributed by atoms with E-state index in [-0.39, 0.29) is 6.61 Å². The SMILES string of the molecule is Cc1csc(-n2nnc(CO)c2-c2ccco2)n1. The highest BCUT2D eigenvalue weighted by Crippen LogP contribution is 2.26. The highest BCUT2D eigenvalue weighted by atomic mass is 32.1. The van der Waals surface area contributed by atoms with Crippen LogP contribution in [0.25, 0.3) is 16.6 Å². The molecule has 7 heteroatoms. The Morgan fingerprint density at radius 1 is 1.50 bits per heavy atom. The largest absolute Gasteiger partial charge is 0.463 e. The lowest BCUT2D eigenvalue weighted by molar-refractivity contribution is 0.277. The van der Waals surface area contributed by atoms with Gasteiger partial charge in [0.1, 0.15) is 11.4 Å². The number of aromatic nitrogens is 4. The molecule has 0 atom stereocenters. The van der Waals surface area contributed by atoms with E-state index in [1.165, 1.54) is 11.3 Å². The summed E-state index contributed by atoms with van der Waals surface area (Å²) in [6, 6.07) is 3.58. The van der Waals surface area contributed by atoms with Crippen molar-refractivity contribution >= 4 is 11.3 Å². The molecule has 0 spiro atoms. The van der Waals surface area contributed by atoms with E-state index in [0.29, 0.717) is 22.3 Å². The van der Waals surface area contributed by atoms with Gasteiger partial charge >= 0.3 is 0 Å². The molecule has 0 amide bonds. The highest BCUT2D eigenvalue weighted by Gasteiger charge is 2.19. The first-order valence-electron chi connectivity index (χ1n) is 5.31. The van der Waals surface area contributed by atoms with Crippen molar-refractivity contribution in [3.05, 3.63) is 35.2 Å². The molecule has 3 rings (SSSR count). The Kier molecular flexibility index (Phi) is 2.69. The molecule has 0 unspecified atom stereocenters. The van der Waals surface area contributed by atoms with Gasteiger partial charge in [0.05, 0.1) is 18.6 Å². The predicted octanol–water partition coefficient (Wildman–Crippen LogP) is 1.78. The van der Waals surface area contributed by atoms with E-state index in [9.17, 15) is 5.11 Å². The average molecular weight is 262 g/mol. The molecule has 6 nitrogen and oxygen atoms in total. The van der Waals surface area contributed by atoms with Crippen LogP contribution in [0.15, 0.2) is 28.2 Å². The second-order valence-electron chi connectivity index (χ2n) is 3.70. The van der Waals surface area contributed by atoms with Crippen LogP contribution >= 0.6 is 11.3 Å². The zero-order valence-electron chi connectivity index (χ0n) is 9.57. The number of aliphatic hydroxyl groups is 1. The Morgan fingerprint density at radius 2 is 2.39 bits per heavy atom. The minimum atomic E-state index is -0.194. The zero-order valence-corrected chi connectivity index (χ0v) is 10.4. The Morgan fingerprint density at radius 3 is 3.00 bits per heavy atom. The van der Waals surface area contributed by atoms with E-state index >= 15 is 0 Å². The smallest absolute Gasteiger partial charge is 0.212 e. The number of thiazole rings is 1. The summed E-state index contributed by atoms with van der Waals surface area (Å²) in [5, 5.41) is 19.9. The van der Waals surface area contributed by atoms with Crippen LogP contribution < -0.4 is 0 Å². The first-order valence-corrected chi connectivity index (χ1v) is 6.19. The van der Waals surface area contributed by atoms with Crippen molar-refractivity contribution in [2.75, 3.05) is 0 Å². The van der Waals surface area contributed by atoms with Crippen LogP contribution in [0.5, 0.6) is 0 Å². The minimum absolute atomic E-state index is 0.194. The monoisotopic (exact) mass is 262 g/mol. The molecule has 3 aromatic heterocycles. The van der Waals surface area contributed by atoms with E-state index in [0.717, 1.165) is 5.69 Å². The van der Waals surface area contributed by atoms with Gasteiger partial charge in [0.15, 0.2) is 5.76 Å². The van der Waals surface area contributed by atoms with Crippen molar-refractivity contribution in [3.63, 3.8) is 0 Å². The molecule has 0 aliphatic carbocycles. The summed E-state index contributed by atoms with van der Waals surface area (Å²) in [6.45, 7) is 1.72. The fourth-order valence-electron chi connectivity index (χ4n) is 1.65. The van der Waals surface area contributed by atoms with Crippen molar-refractivity contribution in [2.24, 2.45) is 0 Å². The fourth-order valence-corrected chi connectivity index (χ4v) is 2.41. The summed E-state index contributed by atoms with van der Waals surface area (Å²) >= 11 is 1.46. The molecule has 0 aliphatic rings. The van der Waals surface area contributed by atoms with E-state index in [1.807, 2.05) is 12.3 Å². The fraction of sp³-hybridized carbons (Fsp3) is 0.182. The van der Waals surface area contributed by atoms with Gasteiger partial charge in [-0.1, -0.05) is 5.21 Å². The number of hydrogen-bond donors (Lipinski definition) is 1. The van der Waals surface area contributed by atoms with Crippen molar-refractivity contribution in [2.45, 2.75) is 13.5 Å². The number of aryl methyl sites for hydroxylation is 1. The molecule has 0 radical (unpaired) electrons. The van der Waals surface area contributed by atoms with Crippen molar-refractivity contribution < 1.29 is 9.52 Å². The van der Waals surface area contributed by atoms with Crippen LogP contribution in [0.2, 0.25) is 0 Å².